The molecular weight excluding hydrogens is 178 g/mol. The Balaban J connectivity index is 0. The Labute approximate surface area is 78.7 Å². The lowest BCUT2D eigenvalue weighted by molar-refractivity contribution is 1.06. The molecule has 0 spiro atoms. The van der Waals surface area contributed by atoms with Crippen LogP contribution < -0.4 is 16.8 Å². The molecule has 0 saturated heterocycles. The van der Waals surface area contributed by atoms with Crippen LogP contribution in [0.2, 0.25) is 0 Å². The van der Waals surface area contributed by atoms with E-state index in [4.69, 9.17) is 11.5 Å². The second kappa shape index (κ2) is 8.13. The first-order chi connectivity index (χ1) is 5.20. The summed E-state index contributed by atoms with van der Waals surface area (Å²) in [5.41, 5.74) is 10.8. The van der Waals surface area contributed by atoms with E-state index in [0.29, 0.717) is 25.0 Å². The molecule has 0 bridgehead atoms. The van der Waals surface area contributed by atoms with E-state index in [1.54, 1.807) is 0 Å². The zero-order valence-corrected chi connectivity index (χ0v) is 8.19. The Hall–Kier alpha value is -0.970. The van der Waals surface area contributed by atoms with Gasteiger partial charge in [-0.15, -0.1) is 12.4 Å². The van der Waals surface area contributed by atoms with Gasteiger partial charge < -0.3 is 11.5 Å². The number of halogens is 1. The maximum absolute atomic E-state index is 5.39. The van der Waals surface area contributed by atoms with Crippen molar-refractivity contribution in [2.45, 2.75) is 13.8 Å². The third kappa shape index (κ3) is 7.14. The minimum Gasteiger partial charge on any atom is -0.370 e. The van der Waals surface area contributed by atoms with Gasteiger partial charge in [0.1, 0.15) is 0 Å². The van der Waals surface area contributed by atoms with Gasteiger partial charge in [-0.25, -0.2) is 0 Å². The number of hydrogen-bond donors (Lipinski definition) is 3. The van der Waals surface area contributed by atoms with Gasteiger partial charge in [0.2, 0.25) is 0 Å². The van der Waals surface area contributed by atoms with Crippen molar-refractivity contribution in [2.24, 2.45) is 21.5 Å². The number of rotatable bonds is 2. The van der Waals surface area contributed by atoms with Gasteiger partial charge in [-0.1, -0.05) is 0 Å². The standard InChI is InChI=1S/C6H15N5.ClH/c1-3-9-5(7)11-6(8)10-4-2;/h3-4H2,1-2H3,(H5,7,8,9,10,11);1H. The van der Waals surface area contributed by atoms with Crippen molar-refractivity contribution >= 4 is 24.3 Å². The third-order valence-corrected chi connectivity index (χ3v) is 0.913. The molecule has 0 rings (SSSR count). The zero-order chi connectivity index (χ0) is 8.69. The molecular formula is C6H16ClN5. The van der Waals surface area contributed by atoms with Crippen LogP contribution in [0.5, 0.6) is 0 Å². The molecule has 0 unspecified atom stereocenters. The monoisotopic (exact) mass is 193 g/mol. The van der Waals surface area contributed by atoms with Gasteiger partial charge in [0.25, 0.3) is 0 Å². The summed E-state index contributed by atoms with van der Waals surface area (Å²) in [5, 5.41) is 2.64. The van der Waals surface area contributed by atoms with Gasteiger partial charge in [-0.05, 0) is 13.8 Å². The first kappa shape index (κ1) is 13.6. The molecule has 6 heteroatoms. The number of nitrogens with one attached hydrogen (secondary N) is 1. The fraction of sp³-hybridized carbons (Fsp3) is 0.667. The molecule has 5 N–H and O–H groups in total. The zero-order valence-electron chi connectivity index (χ0n) is 7.37. The predicted octanol–water partition coefficient (Wildman–Crippen LogP) is -0.333. The summed E-state index contributed by atoms with van der Waals surface area (Å²) in [6, 6.07) is 0. The van der Waals surface area contributed by atoms with Gasteiger partial charge >= 0.3 is 0 Å². The van der Waals surface area contributed by atoms with Gasteiger partial charge in [-0.3, -0.25) is 15.3 Å². The van der Waals surface area contributed by atoms with E-state index < -0.39 is 0 Å². The van der Waals surface area contributed by atoms with E-state index >= 15 is 0 Å². The highest BCUT2D eigenvalue weighted by Gasteiger charge is 1.91. The fourth-order valence-corrected chi connectivity index (χ4v) is 0.551. The predicted molar refractivity (Wildman–Crippen MR) is 54.7 cm³/mol. The van der Waals surface area contributed by atoms with Crippen LogP contribution in [0.15, 0.2) is 9.98 Å². The normalized spacial score (nSPS) is 12.2. The lowest BCUT2D eigenvalue weighted by atomic mass is 10.7. The Kier molecular flexibility index (Phi) is 9.22. The van der Waals surface area contributed by atoms with Crippen molar-refractivity contribution in [3.8, 4) is 0 Å². The fourth-order valence-electron chi connectivity index (χ4n) is 0.551. The number of aliphatic imine (C=N–C) groups is 2. The van der Waals surface area contributed by atoms with Crippen LogP contribution in [0.25, 0.3) is 0 Å². The summed E-state index contributed by atoms with van der Waals surface area (Å²) < 4.78 is 0. The van der Waals surface area contributed by atoms with Crippen LogP contribution in [0, 0.1) is 0 Å². The molecule has 0 saturated carbocycles. The first-order valence-electron chi connectivity index (χ1n) is 3.57. The molecule has 5 nitrogen and oxygen atoms in total. The smallest absolute Gasteiger partial charge is 0.195 e. The molecule has 0 atom stereocenters. The van der Waals surface area contributed by atoms with Crippen LogP contribution in [0.4, 0.5) is 0 Å². The van der Waals surface area contributed by atoms with Gasteiger partial charge in [0.05, 0.1) is 0 Å². The second-order valence-electron chi connectivity index (χ2n) is 1.84. The van der Waals surface area contributed by atoms with Crippen LogP contribution >= 0.6 is 12.4 Å². The number of hydrogen-bond acceptors (Lipinski definition) is 2. The molecule has 0 aliphatic heterocycles. The van der Waals surface area contributed by atoms with Crippen LogP contribution in [-0.4, -0.2) is 25.0 Å². The van der Waals surface area contributed by atoms with Crippen molar-refractivity contribution in [3.63, 3.8) is 0 Å². The highest BCUT2D eigenvalue weighted by molar-refractivity contribution is 5.96. The highest BCUT2D eigenvalue weighted by Crippen LogP contribution is 1.68. The number of nitrogens with zero attached hydrogens (tertiary/aromatic N) is 2. The molecule has 0 aromatic heterocycles. The largest absolute Gasteiger partial charge is 0.370 e. The summed E-state index contributed by atoms with van der Waals surface area (Å²) >= 11 is 0. The number of nitrogens with two attached hydrogens (primary N) is 2. The number of guanidine groups is 2. The van der Waals surface area contributed by atoms with Crippen LogP contribution in [0.1, 0.15) is 13.8 Å². The Morgan fingerprint density at radius 3 is 1.67 bits per heavy atom. The molecule has 0 aromatic rings. The second-order valence-corrected chi connectivity index (χ2v) is 1.84. The molecule has 0 aliphatic carbocycles. The maximum Gasteiger partial charge on any atom is 0.195 e. The molecule has 0 aliphatic rings. The van der Waals surface area contributed by atoms with E-state index in [1.165, 1.54) is 0 Å². The van der Waals surface area contributed by atoms with Crippen LogP contribution in [-0.2, 0) is 0 Å². The summed E-state index contributed by atoms with van der Waals surface area (Å²) in [6.07, 6.45) is 0. The molecule has 0 aromatic carbocycles. The Morgan fingerprint density at radius 2 is 1.42 bits per heavy atom. The van der Waals surface area contributed by atoms with Gasteiger partial charge in [0, 0.05) is 13.1 Å². The van der Waals surface area contributed by atoms with E-state index in [9.17, 15) is 0 Å². The Morgan fingerprint density at radius 1 is 1.08 bits per heavy atom. The first-order valence-corrected chi connectivity index (χ1v) is 3.57. The summed E-state index contributed by atoms with van der Waals surface area (Å²) in [5.74, 6) is 0.615. The van der Waals surface area contributed by atoms with Gasteiger partial charge in [0.15, 0.2) is 11.9 Å². The lowest BCUT2D eigenvalue weighted by Crippen LogP contribution is -2.41. The van der Waals surface area contributed by atoms with E-state index in [-0.39, 0.29) is 12.4 Å². The van der Waals surface area contributed by atoms with E-state index in [0.717, 1.165) is 0 Å². The van der Waals surface area contributed by atoms with Crippen molar-refractivity contribution < 1.29 is 0 Å². The average molecular weight is 194 g/mol. The molecule has 0 amide bonds. The van der Waals surface area contributed by atoms with E-state index in [2.05, 4.69) is 15.3 Å². The van der Waals surface area contributed by atoms with Crippen LogP contribution in [0.3, 0.4) is 0 Å². The average Bonchev–Trinajstić information content (AvgIpc) is 1.87. The maximum atomic E-state index is 5.39. The minimum absolute atomic E-state index is 0. The lowest BCUT2D eigenvalue weighted by Gasteiger charge is -2.02. The molecule has 0 heterocycles. The van der Waals surface area contributed by atoms with E-state index in [1.807, 2.05) is 13.8 Å². The highest BCUT2D eigenvalue weighted by atomic mass is 35.5. The minimum atomic E-state index is 0. The van der Waals surface area contributed by atoms with Crippen molar-refractivity contribution in [2.75, 3.05) is 13.1 Å². The van der Waals surface area contributed by atoms with Crippen molar-refractivity contribution in [3.05, 3.63) is 0 Å². The molecule has 0 fully saturated rings. The summed E-state index contributed by atoms with van der Waals surface area (Å²) in [7, 11) is 0. The topological polar surface area (TPSA) is 88.8 Å². The summed E-state index contributed by atoms with van der Waals surface area (Å²) in [4.78, 5) is 7.74. The van der Waals surface area contributed by atoms with Crippen molar-refractivity contribution in [1.29, 1.82) is 0 Å². The molecule has 12 heavy (non-hydrogen) atoms. The van der Waals surface area contributed by atoms with Crippen molar-refractivity contribution in [1.82, 2.24) is 5.32 Å². The summed E-state index contributed by atoms with van der Waals surface area (Å²) in [6.45, 7) is 5.06. The molecule has 72 valence electrons. The third-order valence-electron chi connectivity index (χ3n) is 0.913. The van der Waals surface area contributed by atoms with Gasteiger partial charge in [-0.2, -0.15) is 0 Å². The molecule has 0 radical (unpaired) electrons. The quantitative estimate of drug-likeness (QED) is 0.414. The SMILES string of the molecule is CCN=C(N)NC(N)=NCC.Cl. The Bertz CT molecular complexity index is 147.